The fourth-order valence-electron chi connectivity index (χ4n) is 12.3. The number of ether oxygens (including phenoxy) is 6. The Bertz CT molecular complexity index is 3300. The van der Waals surface area contributed by atoms with Gasteiger partial charge >= 0.3 is 11.9 Å². The highest BCUT2D eigenvalue weighted by atomic mass is 16.7. The molecule has 12 atom stereocenters. The Labute approximate surface area is 486 Å². The first kappa shape index (κ1) is 61.3. The first-order valence-electron chi connectivity index (χ1n) is 27.2. The molecule has 4 aromatic carbocycles. The van der Waals surface area contributed by atoms with Crippen LogP contribution >= 0.6 is 0 Å². The number of aliphatic hydroxyl groups excluding tert-OH is 4. The summed E-state index contributed by atoms with van der Waals surface area (Å²) >= 11 is 0. The summed E-state index contributed by atoms with van der Waals surface area (Å²) in [5.74, 6) is -11.2. The largest absolute Gasteiger partial charge is 0.507 e. The molecule has 6 aliphatic rings. The molecule has 458 valence electrons. The van der Waals surface area contributed by atoms with Crippen LogP contribution < -0.4 is 20.4 Å². The molecule has 2 saturated heterocycles. The Morgan fingerprint density at radius 3 is 1.27 bits per heavy atom. The number of methoxy groups -OCH3 is 2. The lowest BCUT2D eigenvalue weighted by Crippen LogP contribution is -2.55. The topological polar surface area (TPSA) is 437 Å². The zero-order valence-corrected chi connectivity index (χ0v) is 46.3. The highest BCUT2D eigenvalue weighted by Crippen LogP contribution is 2.55. The van der Waals surface area contributed by atoms with Gasteiger partial charge in [-0.15, -0.1) is 11.0 Å². The zero-order chi connectivity index (χ0) is 62.2. The number of Topliss-reactive ketones (excluding diaryl/α,β-unsaturated/α-hetero) is 2. The molecule has 0 bridgehead atoms. The van der Waals surface area contributed by atoms with Gasteiger partial charge in [-0.2, -0.15) is 0 Å². The van der Waals surface area contributed by atoms with Crippen molar-refractivity contribution in [2.24, 2.45) is 0 Å². The van der Waals surface area contributed by atoms with Gasteiger partial charge in [0.15, 0.2) is 35.7 Å². The van der Waals surface area contributed by atoms with Crippen LogP contribution in [-0.2, 0) is 60.6 Å². The molecule has 0 saturated carbocycles. The highest BCUT2D eigenvalue weighted by Gasteiger charge is 2.53. The Balaban J connectivity index is 0.784. The molecule has 10 rings (SSSR count). The number of phenolic OH excluding ortho intramolecular Hbond substituents is 4. The van der Waals surface area contributed by atoms with Crippen LogP contribution in [0.2, 0.25) is 0 Å². The quantitative estimate of drug-likeness (QED) is 0.0421. The number of benzene rings is 4. The van der Waals surface area contributed by atoms with Crippen LogP contribution in [0, 0.1) is 0 Å². The van der Waals surface area contributed by atoms with Gasteiger partial charge in [0.25, 0.3) is 0 Å². The summed E-state index contributed by atoms with van der Waals surface area (Å²) in [6.45, 7) is 0.509. The van der Waals surface area contributed by atoms with E-state index in [4.69, 9.17) is 38.1 Å². The van der Waals surface area contributed by atoms with Crippen LogP contribution in [0.15, 0.2) is 36.4 Å². The number of rotatable bonds is 17. The van der Waals surface area contributed by atoms with Gasteiger partial charge in [0.2, 0.25) is 11.6 Å². The van der Waals surface area contributed by atoms with Crippen molar-refractivity contribution in [2.75, 3.05) is 27.4 Å². The average Bonchev–Trinajstić information content (AvgIpc) is 0.732. The SMILES string of the molecule is COc1cccc2c1C(=O)c1c(O)c3c(c(O)c1C2=O)C[C@@](O)(C(=O)CO)C[C@@H]3OC1CC(NOC(=O)CCC(=O)ONC2CC(O[C@H]3C[C@](O)(C(=O)CO)Cc4c(O)c5c(c(O)c43)C(=O)c3c(OC)cccc3C5=O)OC(C)C2O)C(O)C(C)O1. The molecule has 0 spiro atoms. The van der Waals surface area contributed by atoms with Crippen LogP contribution in [0.5, 0.6) is 34.5 Å². The number of fused-ring (bicyclic) bond motifs is 6. The second-order valence-corrected chi connectivity index (χ2v) is 21.9. The lowest BCUT2D eigenvalue weighted by Gasteiger charge is -2.42. The monoisotopic (exact) mass is 1200 g/mol. The number of carbonyl (C=O) groups excluding carboxylic acids is 8. The van der Waals surface area contributed by atoms with Gasteiger partial charge < -0.3 is 89.2 Å². The normalized spacial score (nSPS) is 28.2. The molecule has 2 heterocycles. The van der Waals surface area contributed by atoms with E-state index in [-0.39, 0.29) is 68.8 Å². The van der Waals surface area contributed by atoms with Gasteiger partial charge in [-0.1, -0.05) is 24.3 Å². The van der Waals surface area contributed by atoms with Crippen LogP contribution in [-0.4, -0.2) is 185 Å². The van der Waals surface area contributed by atoms with E-state index in [9.17, 15) is 89.4 Å². The number of carbonyl (C=O) groups is 8. The summed E-state index contributed by atoms with van der Waals surface area (Å²) in [7, 11) is 2.52. The number of hydroxylamine groups is 2. The van der Waals surface area contributed by atoms with Gasteiger partial charge in [0, 0.05) is 71.9 Å². The maximum Gasteiger partial charge on any atom is 0.325 e. The second kappa shape index (κ2) is 23.4. The summed E-state index contributed by atoms with van der Waals surface area (Å²) < 4.78 is 34.9. The van der Waals surface area contributed by atoms with Gasteiger partial charge in [-0.25, -0.2) is 0 Å². The lowest BCUT2D eigenvalue weighted by molar-refractivity contribution is -0.257. The molecule has 12 N–H and O–H groups in total. The first-order chi connectivity index (χ1) is 40.8. The molecule has 8 unspecified atom stereocenters. The number of hydrogen-bond acceptors (Lipinski definition) is 28. The molecule has 86 heavy (non-hydrogen) atoms. The maximum atomic E-state index is 14.1. The predicted octanol–water partition coefficient (Wildman–Crippen LogP) is -0.0254. The van der Waals surface area contributed by atoms with Crippen molar-refractivity contribution in [3.63, 3.8) is 0 Å². The summed E-state index contributed by atoms with van der Waals surface area (Å²) in [5.41, 5.74) is -4.51. The van der Waals surface area contributed by atoms with Crippen LogP contribution in [0.1, 0.15) is 151 Å². The van der Waals surface area contributed by atoms with E-state index in [0.717, 1.165) is 0 Å². The maximum absolute atomic E-state index is 14.1. The number of nitrogens with one attached hydrogen (secondary N) is 2. The minimum absolute atomic E-state index is 0.00521. The molecule has 2 aliphatic heterocycles. The second-order valence-electron chi connectivity index (χ2n) is 21.9. The Morgan fingerprint density at radius 1 is 0.558 bits per heavy atom. The smallest absolute Gasteiger partial charge is 0.325 e. The lowest BCUT2D eigenvalue weighted by atomic mass is 9.72. The molecule has 0 radical (unpaired) electrons. The van der Waals surface area contributed by atoms with Crippen molar-refractivity contribution in [3.8, 4) is 34.5 Å². The molecule has 4 aromatic rings. The van der Waals surface area contributed by atoms with Crippen molar-refractivity contribution >= 4 is 46.6 Å². The number of aliphatic hydroxyl groups is 6. The third-order valence-electron chi connectivity index (χ3n) is 16.7. The van der Waals surface area contributed by atoms with E-state index in [2.05, 4.69) is 11.0 Å². The van der Waals surface area contributed by atoms with Crippen LogP contribution in [0.25, 0.3) is 0 Å². The summed E-state index contributed by atoms with van der Waals surface area (Å²) in [6.07, 6.45) is -15.9. The van der Waals surface area contributed by atoms with Crippen molar-refractivity contribution in [3.05, 3.63) is 103 Å². The third-order valence-corrected chi connectivity index (χ3v) is 16.7. The van der Waals surface area contributed by atoms with Gasteiger partial charge in [-0.05, 0) is 26.0 Å². The van der Waals surface area contributed by atoms with Gasteiger partial charge in [0.1, 0.15) is 58.9 Å². The van der Waals surface area contributed by atoms with Crippen LogP contribution in [0.3, 0.4) is 0 Å². The molecule has 0 amide bonds. The molecule has 4 aliphatic carbocycles. The van der Waals surface area contributed by atoms with E-state index in [1.165, 1.54) is 64.5 Å². The van der Waals surface area contributed by atoms with Crippen molar-refractivity contribution in [1.82, 2.24) is 11.0 Å². The summed E-state index contributed by atoms with van der Waals surface area (Å²) in [5, 5.41) is 112. The van der Waals surface area contributed by atoms with E-state index >= 15 is 0 Å². The van der Waals surface area contributed by atoms with Gasteiger partial charge in [0.05, 0.1) is 109 Å². The number of ketones is 6. The molecule has 28 nitrogen and oxygen atoms in total. The zero-order valence-electron chi connectivity index (χ0n) is 46.3. The molecular weight excluding hydrogens is 1140 g/mol. The first-order valence-corrected chi connectivity index (χ1v) is 27.2. The van der Waals surface area contributed by atoms with E-state index < -0.39 is 216 Å². The summed E-state index contributed by atoms with van der Waals surface area (Å²) in [6, 6.07) is 5.96. The minimum Gasteiger partial charge on any atom is -0.507 e. The Hall–Kier alpha value is -7.84. The summed E-state index contributed by atoms with van der Waals surface area (Å²) in [4.78, 5) is 119. The van der Waals surface area contributed by atoms with Crippen molar-refractivity contribution in [2.45, 2.75) is 138 Å². The number of phenols is 4. The Kier molecular flexibility index (Phi) is 16.7. The fourth-order valence-corrected chi connectivity index (χ4v) is 12.3. The Morgan fingerprint density at radius 2 is 0.919 bits per heavy atom. The molecule has 28 heteroatoms. The fraction of sp³-hybridized carbons (Fsp3) is 0.448. The van der Waals surface area contributed by atoms with Crippen molar-refractivity contribution in [1.29, 1.82) is 0 Å². The molecular formula is C58H60N2O26. The van der Waals surface area contributed by atoms with Crippen molar-refractivity contribution < 1.29 is 128 Å². The molecule has 0 aromatic heterocycles. The highest BCUT2D eigenvalue weighted by molar-refractivity contribution is 6.32. The standard InChI is InChI=1S/C58H60N2O26/c1-21-47(67)27(13-37(81-21)83-31-17-57(77,33(63)19-61)15-25-41(31)55(75)45-43(51(25)71)49(69)23-7-5-9-29(79-3)39(23)53(45)73)59-85-35(65)11-12-36(66)86-60-28-14-38(82-22(2)48(28)68)84-32-18-58(78,34(64)20-62)16-26-42(32)56(76)46-44(52(26)72)50(70)24-8-6-10-30(80-4)40(24)54(46)74/h5-10,21-22,27-28,31-32,37-38,47-48,59-62,67-68,71-72,75-78H,11-20H2,1-4H3/t21?,22?,27?,28?,31-,32-,37?,38?,47?,48?,57-,58-/m0/s1. The van der Waals surface area contributed by atoms with E-state index in [0.29, 0.717) is 0 Å². The predicted molar refractivity (Wildman–Crippen MR) is 283 cm³/mol. The number of aromatic hydroxyl groups is 4. The van der Waals surface area contributed by atoms with E-state index in [1.54, 1.807) is 0 Å². The third kappa shape index (κ3) is 10.4. The minimum atomic E-state index is -2.46. The molecule has 2 fully saturated rings. The van der Waals surface area contributed by atoms with Crippen LogP contribution in [0.4, 0.5) is 0 Å². The van der Waals surface area contributed by atoms with Gasteiger partial charge in [-0.3, -0.25) is 38.4 Å². The average molecular weight is 1200 g/mol. The van der Waals surface area contributed by atoms with E-state index in [1.807, 2.05) is 0 Å². The number of hydrogen-bond donors (Lipinski definition) is 12.